The number of allylic oxidation sites excluding steroid dienone is 1. The molecular formula is C17H11ClO2. The van der Waals surface area contributed by atoms with Gasteiger partial charge in [-0.3, -0.25) is 0 Å². The van der Waals surface area contributed by atoms with E-state index in [0.717, 1.165) is 16.7 Å². The number of benzene rings is 2. The standard InChI is InChI=1S/C17H11ClO2/c18-14-8-6-13(7-9-14)15-11-17(19)20-16(15)10-12-4-2-1-3-5-12/h1-11H. The van der Waals surface area contributed by atoms with Crippen molar-refractivity contribution < 1.29 is 9.53 Å². The average Bonchev–Trinajstić information content (AvgIpc) is 2.81. The zero-order valence-electron chi connectivity index (χ0n) is 10.5. The van der Waals surface area contributed by atoms with Gasteiger partial charge < -0.3 is 4.74 Å². The minimum absolute atomic E-state index is 0.350. The van der Waals surface area contributed by atoms with E-state index in [0.29, 0.717) is 10.8 Å². The van der Waals surface area contributed by atoms with Crippen LogP contribution in [-0.4, -0.2) is 5.97 Å². The molecule has 3 heteroatoms. The summed E-state index contributed by atoms with van der Waals surface area (Å²) in [5.41, 5.74) is 2.66. The first-order chi connectivity index (χ1) is 9.72. The number of ether oxygens (including phenoxy) is 1. The molecule has 0 amide bonds. The van der Waals surface area contributed by atoms with Crippen LogP contribution in [0, 0.1) is 0 Å². The second kappa shape index (κ2) is 5.35. The Hall–Kier alpha value is -2.32. The third kappa shape index (κ3) is 2.65. The van der Waals surface area contributed by atoms with Gasteiger partial charge in [0.05, 0.1) is 0 Å². The number of cyclic esters (lactones) is 1. The molecule has 0 bridgehead atoms. The highest BCUT2D eigenvalue weighted by atomic mass is 35.5. The van der Waals surface area contributed by atoms with Crippen molar-refractivity contribution in [3.05, 3.63) is 82.6 Å². The summed E-state index contributed by atoms with van der Waals surface area (Å²) < 4.78 is 5.26. The number of hydrogen-bond donors (Lipinski definition) is 0. The highest BCUT2D eigenvalue weighted by Crippen LogP contribution is 2.31. The molecule has 2 nitrogen and oxygen atoms in total. The van der Waals surface area contributed by atoms with E-state index in [1.54, 1.807) is 12.1 Å². The molecule has 0 N–H and O–H groups in total. The summed E-state index contributed by atoms with van der Waals surface area (Å²) in [6, 6.07) is 17.1. The molecule has 0 atom stereocenters. The molecule has 2 aromatic carbocycles. The van der Waals surface area contributed by atoms with Crippen molar-refractivity contribution in [2.24, 2.45) is 0 Å². The fourth-order valence-electron chi connectivity index (χ4n) is 2.04. The molecule has 1 heterocycles. The number of carbonyl (C=O) groups excluding carboxylic acids is 1. The van der Waals surface area contributed by atoms with Gasteiger partial charge in [-0.25, -0.2) is 4.79 Å². The monoisotopic (exact) mass is 282 g/mol. The third-order valence-electron chi connectivity index (χ3n) is 2.99. The van der Waals surface area contributed by atoms with Crippen LogP contribution in [0.2, 0.25) is 5.02 Å². The van der Waals surface area contributed by atoms with Crippen molar-refractivity contribution in [1.82, 2.24) is 0 Å². The maximum absolute atomic E-state index is 11.5. The fraction of sp³-hybridized carbons (Fsp3) is 0. The van der Waals surface area contributed by atoms with E-state index in [-0.39, 0.29) is 5.97 Å². The zero-order chi connectivity index (χ0) is 13.9. The van der Waals surface area contributed by atoms with Crippen molar-refractivity contribution in [3.8, 4) is 0 Å². The van der Waals surface area contributed by atoms with Gasteiger partial charge in [0.1, 0.15) is 5.76 Å². The minimum atomic E-state index is -0.350. The molecule has 0 aliphatic carbocycles. The van der Waals surface area contributed by atoms with Crippen LogP contribution in [-0.2, 0) is 9.53 Å². The molecule has 0 fully saturated rings. The first kappa shape index (κ1) is 12.7. The van der Waals surface area contributed by atoms with Crippen molar-refractivity contribution >= 4 is 29.2 Å². The third-order valence-corrected chi connectivity index (χ3v) is 3.24. The Balaban J connectivity index is 2.00. The smallest absolute Gasteiger partial charge is 0.336 e. The van der Waals surface area contributed by atoms with Crippen LogP contribution < -0.4 is 0 Å². The second-order valence-electron chi connectivity index (χ2n) is 4.41. The van der Waals surface area contributed by atoms with Gasteiger partial charge in [-0.15, -0.1) is 0 Å². The molecule has 1 aliphatic rings. The minimum Gasteiger partial charge on any atom is -0.423 e. The SMILES string of the molecule is O=C1C=C(c2ccc(Cl)cc2)C(=Cc2ccccc2)O1. The summed E-state index contributed by atoms with van der Waals surface area (Å²) in [7, 11) is 0. The first-order valence-electron chi connectivity index (χ1n) is 6.19. The van der Waals surface area contributed by atoms with Gasteiger partial charge >= 0.3 is 5.97 Å². The molecule has 20 heavy (non-hydrogen) atoms. The Labute approximate surface area is 122 Å². The van der Waals surface area contributed by atoms with Gasteiger partial charge in [0.25, 0.3) is 0 Å². The lowest BCUT2D eigenvalue weighted by atomic mass is 10.0. The maximum Gasteiger partial charge on any atom is 0.336 e. The van der Waals surface area contributed by atoms with E-state index in [2.05, 4.69) is 0 Å². The molecule has 0 saturated carbocycles. The summed E-state index contributed by atoms with van der Waals surface area (Å²) in [5, 5.41) is 0.660. The van der Waals surface area contributed by atoms with Crippen LogP contribution in [0.4, 0.5) is 0 Å². The number of halogens is 1. The predicted octanol–water partition coefficient (Wildman–Crippen LogP) is 4.32. The molecule has 1 aliphatic heterocycles. The van der Waals surface area contributed by atoms with Gasteiger partial charge in [0.2, 0.25) is 0 Å². The Kier molecular flexibility index (Phi) is 3.40. The highest BCUT2D eigenvalue weighted by molar-refractivity contribution is 6.30. The van der Waals surface area contributed by atoms with E-state index in [4.69, 9.17) is 16.3 Å². The van der Waals surface area contributed by atoms with E-state index in [9.17, 15) is 4.79 Å². The summed E-state index contributed by atoms with van der Waals surface area (Å²) >= 11 is 5.88. The van der Waals surface area contributed by atoms with Gasteiger partial charge in [-0.1, -0.05) is 54.1 Å². The number of esters is 1. The molecule has 2 aromatic rings. The molecule has 98 valence electrons. The molecule has 0 radical (unpaired) electrons. The normalized spacial score (nSPS) is 16.1. The van der Waals surface area contributed by atoms with Gasteiger partial charge in [0, 0.05) is 16.7 Å². The summed E-state index contributed by atoms with van der Waals surface area (Å²) in [5.74, 6) is 0.209. The summed E-state index contributed by atoms with van der Waals surface area (Å²) in [6.07, 6.45) is 3.35. The van der Waals surface area contributed by atoms with Gasteiger partial charge in [-0.05, 0) is 29.3 Å². The van der Waals surface area contributed by atoms with Crippen LogP contribution in [0.25, 0.3) is 11.6 Å². The van der Waals surface area contributed by atoms with E-state index in [1.807, 2.05) is 48.5 Å². The fourth-order valence-corrected chi connectivity index (χ4v) is 2.17. The van der Waals surface area contributed by atoms with Crippen molar-refractivity contribution in [2.45, 2.75) is 0 Å². The number of hydrogen-bond acceptors (Lipinski definition) is 2. The van der Waals surface area contributed by atoms with Gasteiger partial charge in [0.15, 0.2) is 0 Å². The number of carbonyl (C=O) groups is 1. The summed E-state index contributed by atoms with van der Waals surface area (Å²) in [6.45, 7) is 0. The van der Waals surface area contributed by atoms with Crippen LogP contribution in [0.5, 0.6) is 0 Å². The summed E-state index contributed by atoms with van der Waals surface area (Å²) in [4.78, 5) is 11.5. The van der Waals surface area contributed by atoms with Crippen LogP contribution in [0.3, 0.4) is 0 Å². The molecule has 0 saturated heterocycles. The maximum atomic E-state index is 11.5. The Morgan fingerprint density at radius 3 is 2.35 bits per heavy atom. The quantitative estimate of drug-likeness (QED) is 0.767. The van der Waals surface area contributed by atoms with Crippen molar-refractivity contribution in [1.29, 1.82) is 0 Å². The van der Waals surface area contributed by atoms with Crippen LogP contribution >= 0.6 is 11.6 Å². The van der Waals surface area contributed by atoms with E-state index >= 15 is 0 Å². The lowest BCUT2D eigenvalue weighted by molar-refractivity contribution is -0.132. The second-order valence-corrected chi connectivity index (χ2v) is 4.84. The first-order valence-corrected chi connectivity index (χ1v) is 6.57. The largest absolute Gasteiger partial charge is 0.423 e. The average molecular weight is 283 g/mol. The molecule has 0 unspecified atom stereocenters. The topological polar surface area (TPSA) is 26.3 Å². The zero-order valence-corrected chi connectivity index (χ0v) is 11.3. The molecular weight excluding hydrogens is 272 g/mol. The van der Waals surface area contributed by atoms with Gasteiger partial charge in [-0.2, -0.15) is 0 Å². The Morgan fingerprint density at radius 2 is 1.65 bits per heavy atom. The molecule has 3 rings (SSSR count). The van der Waals surface area contributed by atoms with Crippen molar-refractivity contribution in [3.63, 3.8) is 0 Å². The lowest BCUT2D eigenvalue weighted by Crippen LogP contribution is -1.91. The highest BCUT2D eigenvalue weighted by Gasteiger charge is 2.21. The lowest BCUT2D eigenvalue weighted by Gasteiger charge is -2.05. The Bertz CT molecular complexity index is 698. The van der Waals surface area contributed by atoms with Crippen LogP contribution in [0.15, 0.2) is 66.4 Å². The Morgan fingerprint density at radius 1 is 0.950 bits per heavy atom. The van der Waals surface area contributed by atoms with E-state index in [1.165, 1.54) is 6.08 Å². The van der Waals surface area contributed by atoms with Crippen molar-refractivity contribution in [2.75, 3.05) is 0 Å². The predicted molar refractivity (Wildman–Crippen MR) is 79.9 cm³/mol. The molecule has 0 aromatic heterocycles. The van der Waals surface area contributed by atoms with E-state index < -0.39 is 0 Å². The molecule has 0 spiro atoms. The number of rotatable bonds is 2. The van der Waals surface area contributed by atoms with Crippen LogP contribution in [0.1, 0.15) is 11.1 Å².